The highest BCUT2D eigenvalue weighted by atomic mass is 16.5. The van der Waals surface area contributed by atoms with E-state index in [9.17, 15) is 0 Å². The maximum Gasteiger partial charge on any atom is 0.0870 e. The molecule has 0 aromatic rings. The highest BCUT2D eigenvalue weighted by Crippen LogP contribution is 1.79. The molecule has 0 aliphatic carbocycles. The quantitative estimate of drug-likeness (QED) is 0.389. The normalized spacial score (nSPS) is 10.0. The summed E-state index contributed by atoms with van der Waals surface area (Å²) in [5.41, 5.74) is 0. The second kappa shape index (κ2) is 5.54. The lowest BCUT2D eigenvalue weighted by Crippen LogP contribution is -1.80. The van der Waals surface area contributed by atoms with Gasteiger partial charge in [0.1, 0.15) is 0 Å². The fourth-order valence-electron chi connectivity index (χ4n) is 0.282. The SMILES string of the molecule is C/C=C\OCCC. The van der Waals surface area contributed by atoms with Crippen molar-refractivity contribution in [2.75, 3.05) is 6.61 Å². The maximum absolute atomic E-state index is 4.95. The Morgan fingerprint density at radius 2 is 2.29 bits per heavy atom. The molecule has 0 aliphatic heterocycles. The van der Waals surface area contributed by atoms with Crippen molar-refractivity contribution in [2.45, 2.75) is 20.3 Å². The minimum absolute atomic E-state index is 0.838. The zero-order valence-corrected chi connectivity index (χ0v) is 4.98. The van der Waals surface area contributed by atoms with Crippen LogP contribution in [0.2, 0.25) is 0 Å². The lowest BCUT2D eigenvalue weighted by Gasteiger charge is -1.91. The number of ether oxygens (including phenoxy) is 1. The minimum atomic E-state index is 0.838. The second-order valence-electron chi connectivity index (χ2n) is 1.34. The van der Waals surface area contributed by atoms with E-state index in [-0.39, 0.29) is 0 Å². The molecular formula is C6H12O. The van der Waals surface area contributed by atoms with Gasteiger partial charge < -0.3 is 4.74 Å². The summed E-state index contributed by atoms with van der Waals surface area (Å²) >= 11 is 0. The van der Waals surface area contributed by atoms with Gasteiger partial charge in [-0.25, -0.2) is 0 Å². The molecule has 0 N–H and O–H groups in total. The summed E-state index contributed by atoms with van der Waals surface area (Å²) in [7, 11) is 0. The van der Waals surface area contributed by atoms with Crippen LogP contribution >= 0.6 is 0 Å². The van der Waals surface area contributed by atoms with Gasteiger partial charge in [-0.2, -0.15) is 0 Å². The molecule has 42 valence electrons. The van der Waals surface area contributed by atoms with Crippen LogP contribution in [0.3, 0.4) is 0 Å². The molecule has 0 rings (SSSR count). The molecule has 7 heavy (non-hydrogen) atoms. The van der Waals surface area contributed by atoms with Crippen molar-refractivity contribution in [3.63, 3.8) is 0 Å². The summed E-state index contributed by atoms with van der Waals surface area (Å²) in [6.45, 7) is 4.86. The molecule has 0 heterocycles. The van der Waals surface area contributed by atoms with Crippen molar-refractivity contribution >= 4 is 0 Å². The van der Waals surface area contributed by atoms with E-state index in [4.69, 9.17) is 4.74 Å². The number of allylic oxidation sites excluding steroid dienone is 1. The summed E-state index contributed by atoms with van der Waals surface area (Å²) in [5, 5.41) is 0. The van der Waals surface area contributed by atoms with E-state index in [1.54, 1.807) is 6.26 Å². The highest BCUT2D eigenvalue weighted by Gasteiger charge is 1.70. The topological polar surface area (TPSA) is 9.23 Å². The second-order valence-corrected chi connectivity index (χ2v) is 1.34. The number of hydrogen-bond acceptors (Lipinski definition) is 1. The number of hydrogen-bond donors (Lipinski definition) is 0. The molecule has 0 aliphatic rings. The van der Waals surface area contributed by atoms with Gasteiger partial charge in [-0.15, -0.1) is 0 Å². The summed E-state index contributed by atoms with van der Waals surface area (Å²) in [6.07, 6.45) is 4.68. The average molecular weight is 100 g/mol. The monoisotopic (exact) mass is 100 g/mol. The first-order valence-electron chi connectivity index (χ1n) is 2.64. The van der Waals surface area contributed by atoms with Crippen LogP contribution in [0.4, 0.5) is 0 Å². The van der Waals surface area contributed by atoms with Gasteiger partial charge in [0.2, 0.25) is 0 Å². The molecule has 0 unspecified atom stereocenters. The zero-order valence-electron chi connectivity index (χ0n) is 4.98. The van der Waals surface area contributed by atoms with Crippen molar-refractivity contribution in [1.82, 2.24) is 0 Å². The molecule has 0 amide bonds. The van der Waals surface area contributed by atoms with Crippen molar-refractivity contribution < 1.29 is 4.74 Å². The van der Waals surface area contributed by atoms with Gasteiger partial charge in [-0.3, -0.25) is 0 Å². The van der Waals surface area contributed by atoms with Gasteiger partial charge in [0, 0.05) is 0 Å². The zero-order chi connectivity index (χ0) is 5.54. The van der Waals surface area contributed by atoms with E-state index in [0.717, 1.165) is 13.0 Å². The third-order valence-electron chi connectivity index (χ3n) is 0.554. The molecule has 0 aromatic heterocycles. The van der Waals surface area contributed by atoms with Crippen molar-refractivity contribution in [3.8, 4) is 0 Å². The Hall–Kier alpha value is -0.460. The van der Waals surface area contributed by atoms with Gasteiger partial charge >= 0.3 is 0 Å². The van der Waals surface area contributed by atoms with E-state index in [1.807, 2.05) is 13.0 Å². The first kappa shape index (κ1) is 6.54. The van der Waals surface area contributed by atoms with E-state index in [0.29, 0.717) is 0 Å². The Balaban J connectivity index is 2.69. The molecule has 1 nitrogen and oxygen atoms in total. The van der Waals surface area contributed by atoms with E-state index in [1.165, 1.54) is 0 Å². The van der Waals surface area contributed by atoms with E-state index in [2.05, 4.69) is 6.92 Å². The Bertz CT molecular complexity index is 48.1. The summed E-state index contributed by atoms with van der Waals surface area (Å²) in [6, 6.07) is 0. The Morgan fingerprint density at radius 1 is 1.57 bits per heavy atom. The molecule has 0 aromatic carbocycles. The van der Waals surface area contributed by atoms with Crippen LogP contribution in [0, 0.1) is 0 Å². The van der Waals surface area contributed by atoms with Crippen molar-refractivity contribution in [2.24, 2.45) is 0 Å². The standard InChI is InChI=1S/C6H12O/c1-3-5-7-6-4-2/h3,5H,4,6H2,1-2H3/b5-3-. The van der Waals surface area contributed by atoms with Crippen LogP contribution in [0.15, 0.2) is 12.3 Å². The molecule has 0 saturated heterocycles. The van der Waals surface area contributed by atoms with Crippen LogP contribution in [-0.2, 0) is 4.74 Å². The fraction of sp³-hybridized carbons (Fsp3) is 0.667. The fourth-order valence-corrected chi connectivity index (χ4v) is 0.282. The molecule has 0 spiro atoms. The summed E-state index contributed by atoms with van der Waals surface area (Å²) in [4.78, 5) is 0. The Kier molecular flexibility index (Phi) is 5.18. The largest absolute Gasteiger partial charge is 0.502 e. The third-order valence-corrected chi connectivity index (χ3v) is 0.554. The first-order valence-corrected chi connectivity index (χ1v) is 2.64. The lowest BCUT2D eigenvalue weighted by molar-refractivity contribution is 0.249. The van der Waals surface area contributed by atoms with Crippen molar-refractivity contribution in [1.29, 1.82) is 0 Å². The van der Waals surface area contributed by atoms with E-state index >= 15 is 0 Å². The van der Waals surface area contributed by atoms with Crippen LogP contribution in [0.25, 0.3) is 0 Å². The molecule has 0 radical (unpaired) electrons. The Morgan fingerprint density at radius 3 is 2.71 bits per heavy atom. The molecule has 0 atom stereocenters. The van der Waals surface area contributed by atoms with Gasteiger partial charge in [0.25, 0.3) is 0 Å². The van der Waals surface area contributed by atoms with Crippen LogP contribution in [0.1, 0.15) is 20.3 Å². The van der Waals surface area contributed by atoms with E-state index < -0.39 is 0 Å². The lowest BCUT2D eigenvalue weighted by atomic mass is 10.5. The molecule has 0 bridgehead atoms. The maximum atomic E-state index is 4.95. The summed E-state index contributed by atoms with van der Waals surface area (Å²) in [5.74, 6) is 0. The van der Waals surface area contributed by atoms with Gasteiger partial charge in [-0.05, 0) is 13.3 Å². The number of rotatable bonds is 3. The van der Waals surface area contributed by atoms with Crippen molar-refractivity contribution in [3.05, 3.63) is 12.3 Å². The van der Waals surface area contributed by atoms with Crippen LogP contribution in [0.5, 0.6) is 0 Å². The predicted molar refractivity (Wildman–Crippen MR) is 31.1 cm³/mol. The average Bonchev–Trinajstić information content (AvgIpc) is 1.69. The molecule has 0 fully saturated rings. The first-order chi connectivity index (χ1) is 3.41. The Labute approximate surface area is 45.0 Å². The highest BCUT2D eigenvalue weighted by molar-refractivity contribution is 4.64. The predicted octanol–water partition coefficient (Wildman–Crippen LogP) is 1.95. The van der Waals surface area contributed by atoms with Gasteiger partial charge in [-0.1, -0.05) is 13.0 Å². The minimum Gasteiger partial charge on any atom is -0.502 e. The van der Waals surface area contributed by atoms with Crippen LogP contribution in [-0.4, -0.2) is 6.61 Å². The smallest absolute Gasteiger partial charge is 0.0870 e. The van der Waals surface area contributed by atoms with Gasteiger partial charge in [0.05, 0.1) is 12.9 Å². The third kappa shape index (κ3) is 5.54. The molecule has 1 heteroatoms. The van der Waals surface area contributed by atoms with Crippen LogP contribution < -0.4 is 0 Å². The molecule has 0 saturated carbocycles. The van der Waals surface area contributed by atoms with Gasteiger partial charge in [0.15, 0.2) is 0 Å². The summed E-state index contributed by atoms with van der Waals surface area (Å²) < 4.78 is 4.95. The molecular weight excluding hydrogens is 88.1 g/mol.